The van der Waals surface area contributed by atoms with E-state index in [0.29, 0.717) is 16.5 Å². The molecule has 0 bridgehead atoms. The number of hydrogen-bond donors (Lipinski definition) is 1. The summed E-state index contributed by atoms with van der Waals surface area (Å²) in [4.78, 5) is 0. The van der Waals surface area contributed by atoms with Gasteiger partial charge in [0.1, 0.15) is 17.7 Å². The van der Waals surface area contributed by atoms with Crippen molar-refractivity contribution in [3.63, 3.8) is 0 Å². The van der Waals surface area contributed by atoms with Gasteiger partial charge in [0, 0.05) is 10.6 Å². The van der Waals surface area contributed by atoms with Gasteiger partial charge in [0.25, 0.3) is 0 Å². The van der Waals surface area contributed by atoms with Gasteiger partial charge in [-0.2, -0.15) is 0 Å². The molecule has 0 aliphatic rings. The SMILES string of the molecule is O/N=C/c1ccc(-c2ccc(Cl)cc2)o1. The molecule has 1 aromatic carbocycles. The number of furan rings is 1. The van der Waals surface area contributed by atoms with E-state index in [4.69, 9.17) is 21.2 Å². The lowest BCUT2D eigenvalue weighted by atomic mass is 10.2. The molecule has 0 fully saturated rings. The van der Waals surface area contributed by atoms with Crippen LogP contribution in [0.5, 0.6) is 0 Å². The first-order chi connectivity index (χ1) is 7.29. The molecule has 0 saturated carbocycles. The predicted octanol–water partition coefficient (Wildman–Crippen LogP) is 3.41. The van der Waals surface area contributed by atoms with Gasteiger partial charge < -0.3 is 9.62 Å². The Morgan fingerprint density at radius 3 is 2.53 bits per heavy atom. The minimum atomic E-state index is 0.502. The van der Waals surface area contributed by atoms with Crippen LogP contribution in [-0.2, 0) is 0 Å². The normalized spacial score (nSPS) is 11.0. The molecule has 0 amide bonds. The van der Waals surface area contributed by atoms with Gasteiger partial charge in [-0.05, 0) is 36.4 Å². The monoisotopic (exact) mass is 221 g/mol. The predicted molar refractivity (Wildman–Crippen MR) is 58.5 cm³/mol. The lowest BCUT2D eigenvalue weighted by molar-refractivity contribution is 0.321. The van der Waals surface area contributed by atoms with Crippen LogP contribution in [0.25, 0.3) is 11.3 Å². The van der Waals surface area contributed by atoms with Crippen molar-refractivity contribution in [2.24, 2.45) is 5.16 Å². The Balaban J connectivity index is 2.33. The van der Waals surface area contributed by atoms with Gasteiger partial charge in [-0.15, -0.1) is 0 Å². The maximum absolute atomic E-state index is 8.33. The van der Waals surface area contributed by atoms with Crippen LogP contribution >= 0.6 is 11.6 Å². The average molecular weight is 222 g/mol. The minimum Gasteiger partial charge on any atom is -0.455 e. The van der Waals surface area contributed by atoms with Crippen molar-refractivity contribution in [1.82, 2.24) is 0 Å². The summed E-state index contributed by atoms with van der Waals surface area (Å²) in [5, 5.41) is 11.9. The van der Waals surface area contributed by atoms with Crippen LogP contribution in [0.15, 0.2) is 46.0 Å². The third kappa shape index (κ3) is 2.19. The van der Waals surface area contributed by atoms with Crippen LogP contribution < -0.4 is 0 Å². The summed E-state index contributed by atoms with van der Waals surface area (Å²) in [6.07, 6.45) is 1.24. The molecule has 1 aromatic heterocycles. The van der Waals surface area contributed by atoms with Gasteiger partial charge in [0.2, 0.25) is 0 Å². The Morgan fingerprint density at radius 1 is 1.13 bits per heavy atom. The smallest absolute Gasteiger partial charge is 0.149 e. The molecule has 76 valence electrons. The number of nitrogens with zero attached hydrogens (tertiary/aromatic N) is 1. The second-order valence-electron chi connectivity index (χ2n) is 2.95. The van der Waals surface area contributed by atoms with E-state index in [2.05, 4.69) is 5.16 Å². The first kappa shape index (κ1) is 9.80. The number of hydrogen-bond acceptors (Lipinski definition) is 3. The maximum atomic E-state index is 8.33. The second-order valence-corrected chi connectivity index (χ2v) is 3.39. The zero-order chi connectivity index (χ0) is 10.7. The van der Waals surface area contributed by atoms with Crippen molar-refractivity contribution < 1.29 is 9.62 Å². The van der Waals surface area contributed by atoms with Crippen LogP contribution in [0.1, 0.15) is 5.76 Å². The Kier molecular flexibility index (Phi) is 2.74. The van der Waals surface area contributed by atoms with Gasteiger partial charge in [-0.25, -0.2) is 0 Å². The highest BCUT2D eigenvalue weighted by Crippen LogP contribution is 2.23. The Bertz CT molecular complexity index is 474. The quantitative estimate of drug-likeness (QED) is 0.480. The van der Waals surface area contributed by atoms with E-state index in [-0.39, 0.29) is 0 Å². The van der Waals surface area contributed by atoms with E-state index in [1.165, 1.54) is 6.21 Å². The van der Waals surface area contributed by atoms with Crippen LogP contribution in [0.3, 0.4) is 0 Å². The second kappa shape index (κ2) is 4.19. The van der Waals surface area contributed by atoms with Crippen molar-refractivity contribution in [3.8, 4) is 11.3 Å². The van der Waals surface area contributed by atoms with Gasteiger partial charge in [-0.3, -0.25) is 0 Å². The highest BCUT2D eigenvalue weighted by Gasteiger charge is 2.02. The molecular weight excluding hydrogens is 214 g/mol. The fourth-order valence-electron chi connectivity index (χ4n) is 1.25. The maximum Gasteiger partial charge on any atom is 0.149 e. The van der Waals surface area contributed by atoms with Crippen molar-refractivity contribution in [3.05, 3.63) is 47.2 Å². The molecule has 0 aliphatic carbocycles. The van der Waals surface area contributed by atoms with Crippen LogP contribution in [0.4, 0.5) is 0 Å². The Hall–Kier alpha value is -1.74. The van der Waals surface area contributed by atoms with E-state index < -0.39 is 0 Å². The molecule has 2 rings (SSSR count). The molecule has 0 spiro atoms. The molecular formula is C11H8ClNO2. The summed E-state index contributed by atoms with van der Waals surface area (Å²) in [6, 6.07) is 10.8. The third-order valence-corrected chi connectivity index (χ3v) is 2.19. The molecule has 15 heavy (non-hydrogen) atoms. The van der Waals surface area contributed by atoms with E-state index in [1.54, 1.807) is 24.3 Å². The molecule has 4 heteroatoms. The van der Waals surface area contributed by atoms with Crippen molar-refractivity contribution >= 4 is 17.8 Å². The lowest BCUT2D eigenvalue weighted by Crippen LogP contribution is -1.74. The van der Waals surface area contributed by atoms with Crippen molar-refractivity contribution in [2.75, 3.05) is 0 Å². The van der Waals surface area contributed by atoms with Crippen molar-refractivity contribution in [2.45, 2.75) is 0 Å². The average Bonchev–Trinajstić information content (AvgIpc) is 2.68. The molecule has 2 aromatic rings. The molecule has 0 atom stereocenters. The molecule has 1 heterocycles. The van der Waals surface area contributed by atoms with E-state index in [0.717, 1.165) is 5.56 Å². The molecule has 1 N–H and O–H groups in total. The summed E-state index contributed by atoms with van der Waals surface area (Å²) in [7, 11) is 0. The van der Waals surface area contributed by atoms with Gasteiger partial charge in [0.05, 0.1) is 0 Å². The zero-order valence-electron chi connectivity index (χ0n) is 7.72. The molecule has 0 saturated heterocycles. The first-order valence-corrected chi connectivity index (χ1v) is 4.70. The largest absolute Gasteiger partial charge is 0.455 e. The zero-order valence-corrected chi connectivity index (χ0v) is 8.48. The fraction of sp³-hybridized carbons (Fsp3) is 0. The Labute approximate surface area is 91.6 Å². The van der Waals surface area contributed by atoms with Crippen molar-refractivity contribution in [1.29, 1.82) is 0 Å². The molecule has 0 unspecified atom stereocenters. The highest BCUT2D eigenvalue weighted by atomic mass is 35.5. The number of oxime groups is 1. The van der Waals surface area contributed by atoms with E-state index >= 15 is 0 Å². The summed E-state index contributed by atoms with van der Waals surface area (Å²) in [5.74, 6) is 1.21. The standard InChI is InChI=1S/C11H8ClNO2/c12-9-3-1-8(2-4-9)11-6-5-10(15-11)7-13-14/h1-7,14H/b13-7+. The van der Waals surface area contributed by atoms with E-state index in [1.807, 2.05) is 12.1 Å². The van der Waals surface area contributed by atoms with E-state index in [9.17, 15) is 0 Å². The molecule has 0 aliphatic heterocycles. The fourth-order valence-corrected chi connectivity index (χ4v) is 1.37. The summed E-state index contributed by atoms with van der Waals surface area (Å²) in [5.41, 5.74) is 0.928. The van der Waals surface area contributed by atoms with Gasteiger partial charge in [0.15, 0.2) is 0 Å². The first-order valence-electron chi connectivity index (χ1n) is 4.33. The number of benzene rings is 1. The summed E-state index contributed by atoms with van der Waals surface area (Å²) >= 11 is 5.77. The van der Waals surface area contributed by atoms with Crippen LogP contribution in [0.2, 0.25) is 5.02 Å². The number of halogens is 1. The highest BCUT2D eigenvalue weighted by molar-refractivity contribution is 6.30. The van der Waals surface area contributed by atoms with Crippen LogP contribution in [-0.4, -0.2) is 11.4 Å². The Morgan fingerprint density at radius 2 is 1.87 bits per heavy atom. The third-order valence-electron chi connectivity index (χ3n) is 1.94. The summed E-state index contributed by atoms with van der Waals surface area (Å²) in [6.45, 7) is 0. The topological polar surface area (TPSA) is 45.7 Å². The van der Waals surface area contributed by atoms with Gasteiger partial charge in [-0.1, -0.05) is 16.8 Å². The van der Waals surface area contributed by atoms with Crippen LogP contribution in [0, 0.1) is 0 Å². The molecule has 3 nitrogen and oxygen atoms in total. The summed E-state index contributed by atoms with van der Waals surface area (Å²) < 4.78 is 5.40. The minimum absolute atomic E-state index is 0.502. The lowest BCUT2D eigenvalue weighted by Gasteiger charge is -1.95. The van der Waals surface area contributed by atoms with Gasteiger partial charge >= 0.3 is 0 Å². The molecule has 0 radical (unpaired) electrons. The number of rotatable bonds is 2.